The number of allylic oxidation sites excluding steroid dienone is 3. The van der Waals surface area contributed by atoms with Gasteiger partial charge in [-0.2, -0.15) is 0 Å². The summed E-state index contributed by atoms with van der Waals surface area (Å²) in [5.41, 5.74) is 8.00. The van der Waals surface area contributed by atoms with Crippen molar-refractivity contribution in [2.45, 2.75) is 73.8 Å². The van der Waals surface area contributed by atoms with E-state index in [2.05, 4.69) is 103 Å². The fraction of sp³-hybridized carbons (Fsp3) is 0.462. The zero-order valence-corrected chi connectivity index (χ0v) is 19.3. The van der Waals surface area contributed by atoms with E-state index in [0.29, 0.717) is 0 Å². The van der Waals surface area contributed by atoms with Crippen molar-refractivity contribution in [1.29, 1.82) is 0 Å². The molecular weight excluding hydrogens is 340 g/mol. The van der Waals surface area contributed by atoms with E-state index in [1.165, 1.54) is 46.4 Å². The third-order valence-electron chi connectivity index (χ3n) is 6.10. The fourth-order valence-corrected chi connectivity index (χ4v) is 3.82. The molecule has 0 amide bonds. The molecule has 1 aliphatic rings. The van der Waals surface area contributed by atoms with Gasteiger partial charge in [-0.25, -0.2) is 0 Å². The van der Waals surface area contributed by atoms with E-state index in [-0.39, 0.29) is 11.0 Å². The summed E-state index contributed by atoms with van der Waals surface area (Å²) in [6.07, 6.45) is 11.0. The fourth-order valence-electron chi connectivity index (χ4n) is 3.82. The number of rotatable bonds is 6. The monoisotopic (exact) mass is 380 g/mol. The summed E-state index contributed by atoms with van der Waals surface area (Å²) >= 11 is 0. The zero-order chi connectivity index (χ0) is 21.5. The summed E-state index contributed by atoms with van der Waals surface area (Å²) < 4.78 is 0. The van der Waals surface area contributed by atoms with Crippen molar-refractivity contribution in [3.8, 4) is 0 Å². The molecule has 2 heteroatoms. The lowest BCUT2D eigenvalue weighted by Crippen LogP contribution is -2.50. The molecule has 0 unspecified atom stereocenters. The van der Waals surface area contributed by atoms with Crippen molar-refractivity contribution in [1.82, 2.24) is 5.32 Å². The number of nitrogens with one attached hydrogen (secondary N) is 2. The Morgan fingerprint density at radius 2 is 1.50 bits per heavy atom. The van der Waals surface area contributed by atoms with Crippen LogP contribution in [-0.4, -0.2) is 5.54 Å². The molecule has 1 aromatic carbocycles. The van der Waals surface area contributed by atoms with Gasteiger partial charge in [0.1, 0.15) is 0 Å². The predicted molar refractivity (Wildman–Crippen MR) is 127 cm³/mol. The van der Waals surface area contributed by atoms with Crippen LogP contribution in [0.4, 0.5) is 5.69 Å². The summed E-state index contributed by atoms with van der Waals surface area (Å²) in [5, 5.41) is 7.08. The second-order valence-electron chi connectivity index (χ2n) is 8.78. The average Bonchev–Trinajstić information content (AvgIpc) is 2.62. The van der Waals surface area contributed by atoms with Crippen LogP contribution in [0.15, 0.2) is 61.0 Å². The quantitative estimate of drug-likeness (QED) is 0.504. The minimum Gasteiger partial charge on any atom is -0.384 e. The first kappa shape index (κ1) is 23.8. The van der Waals surface area contributed by atoms with Gasteiger partial charge in [0, 0.05) is 29.0 Å². The van der Waals surface area contributed by atoms with Crippen molar-refractivity contribution in [2.24, 2.45) is 5.41 Å². The summed E-state index contributed by atoms with van der Waals surface area (Å²) in [5.74, 6) is 0. The zero-order valence-electron chi connectivity index (χ0n) is 19.3. The normalized spacial score (nSPS) is 14.7. The molecule has 0 fully saturated rings. The molecule has 0 radical (unpaired) electrons. The number of hydrogen-bond acceptors (Lipinski definition) is 2. The molecule has 28 heavy (non-hydrogen) atoms. The molecule has 0 saturated carbocycles. The molecule has 2 N–H and O–H groups in total. The third-order valence-corrected chi connectivity index (χ3v) is 6.10. The first-order chi connectivity index (χ1) is 13.1. The first-order valence-corrected chi connectivity index (χ1v) is 10.2. The van der Waals surface area contributed by atoms with E-state index in [1.807, 2.05) is 12.4 Å². The van der Waals surface area contributed by atoms with Crippen LogP contribution < -0.4 is 10.6 Å². The molecule has 0 heterocycles. The second-order valence-corrected chi connectivity index (χ2v) is 8.78. The molecule has 0 saturated heterocycles. The lowest BCUT2D eigenvalue weighted by molar-refractivity contribution is 0.220. The maximum absolute atomic E-state index is 3.63. The van der Waals surface area contributed by atoms with Crippen LogP contribution in [0.1, 0.15) is 64.2 Å². The van der Waals surface area contributed by atoms with Crippen molar-refractivity contribution < 1.29 is 0 Å². The highest BCUT2D eigenvalue weighted by Crippen LogP contribution is 2.42. The van der Waals surface area contributed by atoms with Gasteiger partial charge in [0.15, 0.2) is 0 Å². The molecule has 2 nitrogen and oxygen atoms in total. The van der Waals surface area contributed by atoms with Crippen LogP contribution in [-0.2, 0) is 0 Å². The molecule has 0 aromatic heterocycles. The highest BCUT2D eigenvalue weighted by Gasteiger charge is 2.39. The summed E-state index contributed by atoms with van der Waals surface area (Å²) in [6.45, 7) is 24.0. The molecular formula is C26H40N2. The summed E-state index contributed by atoms with van der Waals surface area (Å²) in [6, 6.07) is 4.43. The maximum Gasteiger partial charge on any atom is 0.0439 e. The lowest BCUT2D eigenvalue weighted by atomic mass is 9.67. The number of hydrogen-bond donors (Lipinski definition) is 2. The van der Waals surface area contributed by atoms with Gasteiger partial charge in [0.2, 0.25) is 0 Å². The minimum absolute atomic E-state index is 0.0357. The Balaban J connectivity index is 0.00000190. The van der Waals surface area contributed by atoms with E-state index in [0.717, 1.165) is 0 Å². The summed E-state index contributed by atoms with van der Waals surface area (Å²) in [7, 11) is 0. The lowest BCUT2D eigenvalue weighted by Gasteiger charge is -2.44. The predicted octanol–water partition coefficient (Wildman–Crippen LogP) is 7.36. The molecule has 0 spiro atoms. The Labute approximate surface area is 173 Å². The van der Waals surface area contributed by atoms with Gasteiger partial charge in [0.25, 0.3) is 0 Å². The van der Waals surface area contributed by atoms with Crippen LogP contribution in [0.25, 0.3) is 0 Å². The van der Waals surface area contributed by atoms with Gasteiger partial charge in [-0.3, -0.25) is 0 Å². The van der Waals surface area contributed by atoms with Gasteiger partial charge in [-0.05, 0) is 71.1 Å². The number of benzene rings is 1. The Morgan fingerprint density at radius 3 is 2.04 bits per heavy atom. The Bertz CT molecular complexity index is 738. The summed E-state index contributed by atoms with van der Waals surface area (Å²) in [4.78, 5) is 0. The average molecular weight is 381 g/mol. The molecule has 0 atom stereocenters. The van der Waals surface area contributed by atoms with E-state index in [1.54, 1.807) is 0 Å². The van der Waals surface area contributed by atoms with Gasteiger partial charge >= 0.3 is 0 Å². The minimum atomic E-state index is -0.0686. The van der Waals surface area contributed by atoms with Crippen LogP contribution in [0, 0.1) is 26.2 Å². The molecule has 1 aromatic rings. The van der Waals surface area contributed by atoms with Gasteiger partial charge < -0.3 is 10.6 Å². The van der Waals surface area contributed by atoms with E-state index in [4.69, 9.17) is 0 Å². The van der Waals surface area contributed by atoms with Crippen LogP contribution in [0.3, 0.4) is 0 Å². The smallest absolute Gasteiger partial charge is 0.0439 e. The molecule has 1 aliphatic carbocycles. The highest BCUT2D eigenvalue weighted by molar-refractivity contribution is 5.59. The molecule has 154 valence electrons. The highest BCUT2D eigenvalue weighted by atomic mass is 15.0. The number of aryl methyl sites for hydroxylation is 3. The van der Waals surface area contributed by atoms with Crippen LogP contribution in [0.5, 0.6) is 0 Å². The van der Waals surface area contributed by atoms with E-state index < -0.39 is 0 Å². The maximum atomic E-state index is 3.63. The van der Waals surface area contributed by atoms with Crippen LogP contribution in [0.2, 0.25) is 0 Å². The van der Waals surface area contributed by atoms with Crippen molar-refractivity contribution in [2.75, 3.05) is 5.32 Å². The van der Waals surface area contributed by atoms with Crippen molar-refractivity contribution >= 4 is 5.69 Å². The Morgan fingerprint density at radius 1 is 0.929 bits per heavy atom. The van der Waals surface area contributed by atoms with Gasteiger partial charge in [0.05, 0.1) is 0 Å². The van der Waals surface area contributed by atoms with E-state index in [9.17, 15) is 0 Å². The first-order valence-electron chi connectivity index (χ1n) is 10.2. The second kappa shape index (κ2) is 9.82. The van der Waals surface area contributed by atoms with Gasteiger partial charge in [-0.1, -0.05) is 49.3 Å². The van der Waals surface area contributed by atoms with Gasteiger partial charge in [-0.15, -0.1) is 13.2 Å². The largest absolute Gasteiger partial charge is 0.384 e. The SMILES string of the molecule is C=C.CC1=C(C(C)(C)C(C)(C)N/C=C\Nc2c(C)cc(C)cc2C)C=CCC1. The number of anilines is 1. The third kappa shape index (κ3) is 5.41. The van der Waals surface area contributed by atoms with Crippen molar-refractivity contribution in [3.63, 3.8) is 0 Å². The Hall–Kier alpha value is -2.22. The Kier molecular flexibility index (Phi) is 8.35. The standard InChI is InChI=1S/C24H36N2.C2H4/c1-17-15-19(3)22(20(4)16-17)25-13-14-26-24(7,8)23(5,6)21-12-10-9-11-18(21)2;1-2/h10,12-16,25-26H,9,11H2,1-8H3;1-2H2/b14-13-;. The van der Waals surface area contributed by atoms with Crippen LogP contribution >= 0.6 is 0 Å². The van der Waals surface area contributed by atoms with Crippen molar-refractivity contribution in [3.05, 3.63) is 77.7 Å². The molecule has 2 rings (SSSR count). The molecule has 0 bridgehead atoms. The molecule has 0 aliphatic heterocycles. The topological polar surface area (TPSA) is 24.1 Å². The van der Waals surface area contributed by atoms with E-state index >= 15 is 0 Å².